The first-order valence-corrected chi connectivity index (χ1v) is 4.32. The van der Waals surface area contributed by atoms with E-state index in [1.54, 1.807) is 0 Å². The van der Waals surface area contributed by atoms with Crippen LogP contribution in [0.4, 0.5) is 0 Å². The SMILES string of the molecule is CC(C)=O.O=C([O-])CC(O)(CC(=O)[O-])C(=O)[O-]. The highest BCUT2D eigenvalue weighted by atomic mass is 16.4. The Morgan fingerprint density at radius 3 is 1.29 bits per heavy atom. The number of ketones is 1. The van der Waals surface area contributed by atoms with Gasteiger partial charge in [0.1, 0.15) is 11.4 Å². The first-order valence-electron chi connectivity index (χ1n) is 4.32. The van der Waals surface area contributed by atoms with Crippen molar-refractivity contribution in [2.45, 2.75) is 32.3 Å². The highest BCUT2D eigenvalue weighted by Crippen LogP contribution is 2.13. The normalized spacial score (nSPS) is 9.82. The van der Waals surface area contributed by atoms with E-state index in [-0.39, 0.29) is 5.78 Å². The second kappa shape index (κ2) is 7.34. The van der Waals surface area contributed by atoms with Gasteiger partial charge < -0.3 is 39.6 Å². The molecule has 0 heterocycles. The summed E-state index contributed by atoms with van der Waals surface area (Å²) in [5.74, 6) is -5.82. The van der Waals surface area contributed by atoms with E-state index in [0.717, 1.165) is 0 Å². The van der Waals surface area contributed by atoms with Crippen LogP contribution in [0, 0.1) is 0 Å². The molecule has 0 unspecified atom stereocenters. The third kappa shape index (κ3) is 10.3. The topological polar surface area (TPSA) is 158 Å². The number of aliphatic carboxylic acids is 3. The first-order chi connectivity index (χ1) is 7.51. The van der Waals surface area contributed by atoms with Gasteiger partial charge in [-0.2, -0.15) is 0 Å². The van der Waals surface area contributed by atoms with Crippen LogP contribution in [0.1, 0.15) is 26.7 Å². The van der Waals surface area contributed by atoms with E-state index in [1.165, 1.54) is 13.8 Å². The number of carboxylic acid groups (broad SMARTS) is 3. The minimum Gasteiger partial charge on any atom is -0.550 e. The van der Waals surface area contributed by atoms with Crippen molar-refractivity contribution in [2.24, 2.45) is 0 Å². The Kier molecular flexibility index (Phi) is 7.52. The van der Waals surface area contributed by atoms with Crippen molar-refractivity contribution in [3.63, 3.8) is 0 Å². The Morgan fingerprint density at radius 1 is 0.941 bits per heavy atom. The minimum atomic E-state index is -2.97. The zero-order chi connectivity index (χ0) is 14.2. The van der Waals surface area contributed by atoms with Crippen molar-refractivity contribution < 1.29 is 39.6 Å². The van der Waals surface area contributed by atoms with Gasteiger partial charge in [-0.15, -0.1) is 0 Å². The number of carbonyl (C=O) groups excluding carboxylic acids is 4. The van der Waals surface area contributed by atoms with Crippen molar-refractivity contribution in [1.82, 2.24) is 0 Å². The lowest BCUT2D eigenvalue weighted by Gasteiger charge is -2.29. The number of carbonyl (C=O) groups is 4. The Balaban J connectivity index is 0. The number of rotatable bonds is 5. The highest BCUT2D eigenvalue weighted by Gasteiger charge is 2.29. The molecule has 0 spiro atoms. The summed E-state index contributed by atoms with van der Waals surface area (Å²) in [6.07, 6.45) is -2.72. The number of carboxylic acids is 3. The zero-order valence-corrected chi connectivity index (χ0v) is 9.22. The number of hydrogen-bond donors (Lipinski definition) is 1. The summed E-state index contributed by atoms with van der Waals surface area (Å²) in [6, 6.07) is 0. The molecule has 0 aliphatic carbocycles. The quantitative estimate of drug-likeness (QED) is 0.507. The fourth-order valence-corrected chi connectivity index (χ4v) is 0.684. The van der Waals surface area contributed by atoms with Crippen LogP contribution in [0.25, 0.3) is 0 Å². The van der Waals surface area contributed by atoms with Crippen LogP contribution in [0.5, 0.6) is 0 Å². The van der Waals surface area contributed by atoms with Crippen molar-refractivity contribution in [2.75, 3.05) is 0 Å². The van der Waals surface area contributed by atoms with Crippen molar-refractivity contribution in [3.8, 4) is 0 Å². The number of Topliss-reactive ketones (excluding diaryl/α,β-unsaturated/α-hetero) is 1. The molecule has 0 rings (SSSR count). The summed E-state index contributed by atoms with van der Waals surface area (Å²) in [7, 11) is 0. The van der Waals surface area contributed by atoms with Gasteiger partial charge in [0.15, 0.2) is 0 Å². The molecule has 8 heteroatoms. The monoisotopic (exact) mass is 247 g/mol. The minimum absolute atomic E-state index is 0.167. The van der Waals surface area contributed by atoms with Gasteiger partial charge in [0.05, 0.1) is 5.97 Å². The predicted molar refractivity (Wildman–Crippen MR) is 45.6 cm³/mol. The maximum Gasteiger partial charge on any atom is 0.126 e. The predicted octanol–water partition coefficient (Wildman–Crippen LogP) is -4.66. The number of aliphatic hydroxyl groups is 1. The van der Waals surface area contributed by atoms with E-state index < -0.39 is 36.4 Å². The fourth-order valence-electron chi connectivity index (χ4n) is 0.684. The fraction of sp³-hybridized carbons (Fsp3) is 0.556. The van der Waals surface area contributed by atoms with Crippen LogP contribution in [-0.4, -0.2) is 34.4 Å². The molecular weight excluding hydrogens is 236 g/mol. The summed E-state index contributed by atoms with van der Waals surface area (Å²) in [6.45, 7) is 3.06. The molecule has 0 atom stereocenters. The van der Waals surface area contributed by atoms with Crippen LogP contribution >= 0.6 is 0 Å². The molecule has 0 aromatic carbocycles. The van der Waals surface area contributed by atoms with E-state index in [4.69, 9.17) is 5.11 Å². The van der Waals surface area contributed by atoms with Crippen LogP contribution in [0.15, 0.2) is 0 Å². The van der Waals surface area contributed by atoms with E-state index in [9.17, 15) is 34.5 Å². The summed E-state index contributed by atoms with van der Waals surface area (Å²) in [5, 5.41) is 38.9. The van der Waals surface area contributed by atoms with Gasteiger partial charge in [-0.05, 0) is 13.8 Å². The summed E-state index contributed by atoms with van der Waals surface area (Å²) in [4.78, 5) is 39.4. The Morgan fingerprint density at radius 2 is 1.18 bits per heavy atom. The first kappa shape index (κ1) is 17.4. The molecule has 0 saturated carbocycles. The Labute approximate surface area is 96.5 Å². The van der Waals surface area contributed by atoms with E-state index in [0.29, 0.717) is 0 Å². The van der Waals surface area contributed by atoms with Crippen molar-refractivity contribution in [1.29, 1.82) is 0 Å². The lowest BCUT2D eigenvalue weighted by Crippen LogP contribution is -2.54. The molecule has 0 amide bonds. The van der Waals surface area contributed by atoms with Gasteiger partial charge in [-0.25, -0.2) is 0 Å². The molecule has 0 saturated heterocycles. The summed E-state index contributed by atoms with van der Waals surface area (Å²) >= 11 is 0. The molecule has 0 fully saturated rings. The number of hydrogen-bond acceptors (Lipinski definition) is 8. The van der Waals surface area contributed by atoms with Gasteiger partial charge in [-0.1, -0.05) is 0 Å². The molecule has 1 N–H and O–H groups in total. The van der Waals surface area contributed by atoms with Gasteiger partial charge in [-0.3, -0.25) is 0 Å². The molecule has 98 valence electrons. The average molecular weight is 247 g/mol. The van der Waals surface area contributed by atoms with Crippen molar-refractivity contribution in [3.05, 3.63) is 0 Å². The lowest BCUT2D eigenvalue weighted by molar-refractivity contribution is -0.339. The third-order valence-electron chi connectivity index (χ3n) is 1.25. The smallest absolute Gasteiger partial charge is 0.126 e. The van der Waals surface area contributed by atoms with E-state index in [1.807, 2.05) is 0 Å². The maximum absolute atomic E-state index is 10.1. The van der Waals surface area contributed by atoms with Crippen LogP contribution in [0.3, 0.4) is 0 Å². The van der Waals surface area contributed by atoms with E-state index in [2.05, 4.69) is 0 Å². The highest BCUT2D eigenvalue weighted by molar-refractivity contribution is 5.86. The Hall–Kier alpha value is -1.96. The van der Waals surface area contributed by atoms with Gasteiger partial charge in [0.25, 0.3) is 0 Å². The van der Waals surface area contributed by atoms with Crippen LogP contribution in [-0.2, 0) is 19.2 Å². The zero-order valence-electron chi connectivity index (χ0n) is 9.22. The molecule has 8 nitrogen and oxygen atoms in total. The second-order valence-corrected chi connectivity index (χ2v) is 3.32. The maximum atomic E-state index is 10.1. The molecule has 0 aromatic heterocycles. The second-order valence-electron chi connectivity index (χ2n) is 3.32. The Bertz CT molecular complexity index is 299. The molecule has 0 aliphatic rings. The van der Waals surface area contributed by atoms with Gasteiger partial charge >= 0.3 is 0 Å². The average Bonchev–Trinajstić information content (AvgIpc) is 1.98. The molecular formula is C9H11O8-3. The summed E-state index contributed by atoms with van der Waals surface area (Å²) in [5.41, 5.74) is -2.97. The van der Waals surface area contributed by atoms with Gasteiger partial charge in [0.2, 0.25) is 0 Å². The van der Waals surface area contributed by atoms with E-state index >= 15 is 0 Å². The van der Waals surface area contributed by atoms with Gasteiger partial charge in [0, 0.05) is 24.8 Å². The third-order valence-corrected chi connectivity index (χ3v) is 1.25. The van der Waals surface area contributed by atoms with Crippen LogP contribution in [0.2, 0.25) is 0 Å². The molecule has 0 radical (unpaired) electrons. The molecule has 0 bridgehead atoms. The standard InChI is InChI=1S/C6H8O7.C3H6O/c7-3(8)1-6(13,5(11)12)2-4(9)10;1-3(2)4/h13H,1-2H2,(H,7,8)(H,9,10)(H,11,12);1-2H3/p-3. The molecule has 0 aromatic rings. The largest absolute Gasteiger partial charge is 0.550 e. The van der Waals surface area contributed by atoms with Crippen molar-refractivity contribution >= 4 is 23.7 Å². The molecule has 0 aliphatic heterocycles. The lowest BCUT2D eigenvalue weighted by atomic mass is 9.96. The summed E-state index contributed by atoms with van der Waals surface area (Å²) < 4.78 is 0. The molecule has 17 heavy (non-hydrogen) atoms. The van der Waals surface area contributed by atoms with Crippen LogP contribution < -0.4 is 15.3 Å².